The molecule has 39 heavy (non-hydrogen) atoms. The Kier molecular flexibility index (Phi) is 6.46. The molecular formula is C29H18F6O2S2. The molecule has 0 atom stereocenters. The first kappa shape index (κ1) is 27.1. The van der Waals surface area contributed by atoms with Crippen LogP contribution in [0.25, 0.3) is 32.0 Å². The third-order valence-corrected chi connectivity index (χ3v) is 8.91. The van der Waals surface area contributed by atoms with Crippen LogP contribution in [-0.2, 0) is 0 Å². The predicted octanol–water partition coefficient (Wildman–Crippen LogP) is 9.22. The highest BCUT2D eigenvalue weighted by Gasteiger charge is 2.80. The lowest BCUT2D eigenvalue weighted by atomic mass is 9.94. The van der Waals surface area contributed by atoms with E-state index in [9.17, 15) is 18.4 Å². The number of carbonyl (C=O) groups excluding carboxylic acids is 2. The summed E-state index contributed by atoms with van der Waals surface area (Å²) >= 11 is 1.88. The lowest BCUT2D eigenvalue weighted by Crippen LogP contribution is -2.48. The SMILES string of the molecule is Cc1sc(-c2ccccc2C=O)cc1C1=C(c2cc(-c3ccccc3C=O)sc2C)C(F)(F)C(F)(F)C1(F)F. The summed E-state index contributed by atoms with van der Waals surface area (Å²) in [5.41, 5.74) is -2.56. The van der Waals surface area contributed by atoms with E-state index in [-0.39, 0.29) is 20.9 Å². The Labute approximate surface area is 227 Å². The van der Waals surface area contributed by atoms with Gasteiger partial charge in [-0.25, -0.2) is 0 Å². The molecule has 2 aromatic carbocycles. The minimum Gasteiger partial charge on any atom is -0.298 e. The minimum atomic E-state index is -5.70. The van der Waals surface area contributed by atoms with E-state index in [1.807, 2.05) is 0 Å². The molecule has 0 fully saturated rings. The van der Waals surface area contributed by atoms with Crippen LogP contribution >= 0.6 is 22.7 Å². The molecule has 0 spiro atoms. The molecule has 0 N–H and O–H groups in total. The van der Waals surface area contributed by atoms with Crippen LogP contribution < -0.4 is 0 Å². The number of aldehydes is 2. The summed E-state index contributed by atoms with van der Waals surface area (Å²) in [5.74, 6) is -16.1. The van der Waals surface area contributed by atoms with Crippen LogP contribution in [0.5, 0.6) is 0 Å². The number of halogens is 6. The second-order valence-corrected chi connectivity index (χ2v) is 11.6. The smallest absolute Gasteiger partial charge is 0.298 e. The molecule has 5 rings (SSSR count). The molecule has 200 valence electrons. The number of thiophene rings is 2. The van der Waals surface area contributed by atoms with E-state index >= 15 is 17.6 Å². The van der Waals surface area contributed by atoms with Gasteiger partial charge in [0.15, 0.2) is 12.6 Å². The molecule has 1 aliphatic carbocycles. The number of hydrogen-bond acceptors (Lipinski definition) is 4. The predicted molar refractivity (Wildman–Crippen MR) is 141 cm³/mol. The molecule has 1 aliphatic rings. The van der Waals surface area contributed by atoms with Crippen LogP contribution in [0, 0.1) is 13.8 Å². The van der Waals surface area contributed by atoms with Crippen molar-refractivity contribution in [3.63, 3.8) is 0 Å². The van der Waals surface area contributed by atoms with Crippen molar-refractivity contribution in [3.8, 4) is 20.9 Å². The highest BCUT2D eigenvalue weighted by molar-refractivity contribution is 7.16. The zero-order valence-electron chi connectivity index (χ0n) is 20.3. The van der Waals surface area contributed by atoms with Gasteiger partial charge in [0.1, 0.15) is 0 Å². The molecule has 0 unspecified atom stereocenters. The van der Waals surface area contributed by atoms with Crippen LogP contribution in [0.15, 0.2) is 60.7 Å². The van der Waals surface area contributed by atoms with Crippen LogP contribution in [0.2, 0.25) is 0 Å². The Morgan fingerprint density at radius 1 is 0.590 bits per heavy atom. The number of alkyl halides is 6. The van der Waals surface area contributed by atoms with Crippen molar-refractivity contribution >= 4 is 46.4 Å². The summed E-state index contributed by atoms with van der Waals surface area (Å²) in [5, 5.41) is 0. The Bertz CT molecular complexity index is 1540. The molecule has 0 aliphatic heterocycles. The fourth-order valence-electron chi connectivity index (χ4n) is 4.81. The molecule has 0 saturated heterocycles. The molecule has 2 aromatic heterocycles. The highest BCUT2D eigenvalue weighted by Crippen LogP contribution is 2.66. The van der Waals surface area contributed by atoms with Gasteiger partial charge in [-0.2, -0.15) is 26.3 Å². The molecule has 0 radical (unpaired) electrons. The van der Waals surface area contributed by atoms with E-state index in [1.165, 1.54) is 26.0 Å². The van der Waals surface area contributed by atoms with E-state index in [0.29, 0.717) is 33.5 Å². The van der Waals surface area contributed by atoms with Crippen LogP contribution in [-0.4, -0.2) is 30.3 Å². The molecule has 0 saturated carbocycles. The van der Waals surface area contributed by atoms with Gasteiger partial charge in [-0.05, 0) is 37.1 Å². The second-order valence-electron chi connectivity index (χ2n) is 9.04. The summed E-state index contributed by atoms with van der Waals surface area (Å²) in [4.78, 5) is 23.9. The van der Waals surface area contributed by atoms with Crippen molar-refractivity contribution in [2.24, 2.45) is 0 Å². The van der Waals surface area contributed by atoms with Crippen LogP contribution in [0.4, 0.5) is 26.3 Å². The first-order valence-corrected chi connectivity index (χ1v) is 13.2. The zero-order chi connectivity index (χ0) is 28.3. The summed E-state index contributed by atoms with van der Waals surface area (Å²) in [6.07, 6.45) is 1.13. The number of hydrogen-bond donors (Lipinski definition) is 0. The average Bonchev–Trinajstić information content (AvgIpc) is 3.50. The minimum absolute atomic E-state index is 0.116. The van der Waals surface area contributed by atoms with Gasteiger partial charge in [-0.3, -0.25) is 9.59 Å². The van der Waals surface area contributed by atoms with E-state index in [0.717, 1.165) is 34.8 Å². The molecule has 0 bridgehead atoms. The van der Waals surface area contributed by atoms with Gasteiger partial charge < -0.3 is 0 Å². The molecule has 10 heteroatoms. The Morgan fingerprint density at radius 2 is 0.949 bits per heavy atom. The van der Waals surface area contributed by atoms with Gasteiger partial charge in [0.25, 0.3) is 0 Å². The quantitative estimate of drug-likeness (QED) is 0.169. The maximum atomic E-state index is 15.4. The Balaban J connectivity index is 1.80. The second kappa shape index (κ2) is 9.31. The number of allylic oxidation sites excluding steroid dienone is 2. The third-order valence-electron chi connectivity index (χ3n) is 6.75. The fraction of sp³-hybridized carbons (Fsp3) is 0.172. The van der Waals surface area contributed by atoms with Crippen molar-refractivity contribution in [2.45, 2.75) is 31.6 Å². The maximum absolute atomic E-state index is 15.4. The van der Waals surface area contributed by atoms with Gasteiger partial charge in [0.05, 0.1) is 0 Å². The molecular weight excluding hydrogens is 558 g/mol. The number of benzene rings is 2. The standard InChI is InChI=1S/C29H18F6O2S2/c1-15-21(11-23(38-15)19-9-5-3-7-17(19)13-36)25-26(28(32,33)29(34,35)27(25,30)31)22-12-24(39-16(22)2)20-10-6-4-8-18(20)14-37/h3-14H,1-2H3. The first-order chi connectivity index (χ1) is 18.4. The van der Waals surface area contributed by atoms with Crippen molar-refractivity contribution < 1.29 is 35.9 Å². The average molecular weight is 577 g/mol. The highest BCUT2D eigenvalue weighted by atomic mass is 32.1. The molecule has 2 nitrogen and oxygen atoms in total. The summed E-state index contributed by atoms with van der Waals surface area (Å²) in [6.45, 7) is 2.77. The van der Waals surface area contributed by atoms with Gasteiger partial charge in [-0.15, -0.1) is 22.7 Å². The van der Waals surface area contributed by atoms with Crippen LogP contribution in [0.1, 0.15) is 41.6 Å². The zero-order valence-corrected chi connectivity index (χ0v) is 22.0. The third kappa shape index (κ3) is 3.91. The molecule has 0 amide bonds. The maximum Gasteiger partial charge on any atom is 0.380 e. The van der Waals surface area contributed by atoms with E-state index in [2.05, 4.69) is 0 Å². The van der Waals surface area contributed by atoms with E-state index in [1.54, 1.807) is 36.4 Å². The summed E-state index contributed by atoms with van der Waals surface area (Å²) in [6, 6.07) is 14.9. The lowest BCUT2D eigenvalue weighted by Gasteiger charge is -2.25. The van der Waals surface area contributed by atoms with Crippen LogP contribution in [0.3, 0.4) is 0 Å². The number of carbonyl (C=O) groups is 2. The van der Waals surface area contributed by atoms with Gasteiger partial charge in [0, 0.05) is 52.9 Å². The van der Waals surface area contributed by atoms with Crippen molar-refractivity contribution in [2.75, 3.05) is 0 Å². The van der Waals surface area contributed by atoms with Crippen molar-refractivity contribution in [1.82, 2.24) is 0 Å². The summed E-state index contributed by atoms with van der Waals surface area (Å²) < 4.78 is 91.6. The largest absolute Gasteiger partial charge is 0.380 e. The van der Waals surface area contributed by atoms with Gasteiger partial charge in [-0.1, -0.05) is 48.5 Å². The number of rotatable bonds is 6. The van der Waals surface area contributed by atoms with Crippen molar-refractivity contribution in [1.29, 1.82) is 0 Å². The topological polar surface area (TPSA) is 34.1 Å². The fourth-order valence-corrected chi connectivity index (χ4v) is 6.95. The normalized spacial score (nSPS) is 17.4. The molecule has 4 aromatic rings. The van der Waals surface area contributed by atoms with Gasteiger partial charge in [0.2, 0.25) is 0 Å². The Morgan fingerprint density at radius 3 is 1.31 bits per heavy atom. The first-order valence-electron chi connectivity index (χ1n) is 11.6. The summed E-state index contributed by atoms with van der Waals surface area (Å²) in [7, 11) is 0. The Hall–Kier alpha value is -3.50. The monoisotopic (exact) mass is 576 g/mol. The molecule has 2 heterocycles. The van der Waals surface area contributed by atoms with E-state index < -0.39 is 40.0 Å². The van der Waals surface area contributed by atoms with E-state index in [4.69, 9.17) is 0 Å². The lowest BCUT2D eigenvalue weighted by molar-refractivity contribution is -0.254. The number of aryl methyl sites for hydroxylation is 2. The van der Waals surface area contributed by atoms with Gasteiger partial charge >= 0.3 is 17.8 Å². The van der Waals surface area contributed by atoms with Crippen molar-refractivity contribution in [3.05, 3.63) is 92.7 Å².